The molecule has 6 N–H and O–H groups in total. The summed E-state index contributed by atoms with van der Waals surface area (Å²) in [5.74, 6) is -5.14. The smallest absolute Gasteiger partial charge is 0.339 e. The van der Waals surface area contributed by atoms with Crippen LogP contribution in [0.5, 0.6) is 0 Å². The maximum Gasteiger partial charge on any atom is 0.339 e. The van der Waals surface area contributed by atoms with Crippen LogP contribution < -0.4 is 0 Å². The van der Waals surface area contributed by atoms with E-state index in [1.165, 1.54) is 51.4 Å². The van der Waals surface area contributed by atoms with Gasteiger partial charge in [-0.25, -0.2) is 19.2 Å². The number of hydrogen-bond donors (Lipinski definition) is 6. The third-order valence-corrected chi connectivity index (χ3v) is 6.78. The van der Waals surface area contributed by atoms with E-state index in [0.29, 0.717) is 55.8 Å². The molecule has 0 heterocycles. The highest BCUT2D eigenvalue weighted by molar-refractivity contribution is 6.03. The molecule has 0 aliphatic rings. The molecule has 0 radical (unpaired) electrons. The van der Waals surface area contributed by atoms with Crippen LogP contribution in [-0.2, 0) is 28.7 Å². The molecule has 0 unspecified atom stereocenters. The first kappa shape index (κ1) is 52.1. The lowest BCUT2D eigenvalue weighted by Gasteiger charge is -2.10. The summed E-state index contributed by atoms with van der Waals surface area (Å²) < 4.78 is 10.7. The number of unbranched alkanes of at least 4 members (excludes halogenated alkanes) is 11. The fraction of sp³-hybridized carbons (Fsp3) is 0.632. The van der Waals surface area contributed by atoms with Crippen molar-refractivity contribution in [1.82, 2.24) is 0 Å². The van der Waals surface area contributed by atoms with E-state index in [9.17, 15) is 28.8 Å². The van der Waals surface area contributed by atoms with Gasteiger partial charge in [-0.3, -0.25) is 9.59 Å². The van der Waals surface area contributed by atoms with Gasteiger partial charge in [0, 0.05) is 25.0 Å². The first-order valence-corrected chi connectivity index (χ1v) is 18.1. The number of hydrogen-bond acceptors (Lipinski definition) is 10. The van der Waals surface area contributed by atoms with Crippen molar-refractivity contribution < 1.29 is 68.9 Å². The topological polar surface area (TPSA) is 242 Å². The molecule has 0 atom stereocenters. The number of ether oxygens (including phenoxy) is 2. The van der Waals surface area contributed by atoms with Gasteiger partial charge in [0.1, 0.15) is 0 Å². The molecule has 14 heteroatoms. The van der Waals surface area contributed by atoms with Crippen molar-refractivity contribution in [3.63, 3.8) is 0 Å². The predicted octanol–water partition coefficient (Wildman–Crippen LogP) is 7.25. The van der Waals surface area contributed by atoms with Crippen LogP contribution in [0.25, 0.3) is 0 Å². The van der Waals surface area contributed by atoms with Crippen molar-refractivity contribution >= 4 is 35.8 Å². The highest BCUT2D eigenvalue weighted by Gasteiger charge is 2.18. The Kier molecular flexibility index (Phi) is 38.0. The maximum absolute atomic E-state index is 12.4. The average Bonchev–Trinajstić information content (AvgIpc) is 3.09. The van der Waals surface area contributed by atoms with Gasteiger partial charge in [-0.05, 0) is 44.2 Å². The Morgan fingerprint density at radius 3 is 1.15 bits per heavy atom. The lowest BCUT2D eigenvalue weighted by Crippen LogP contribution is -2.15. The quantitative estimate of drug-likeness (QED) is 0.0250. The van der Waals surface area contributed by atoms with Gasteiger partial charge in [0.25, 0.3) is 0 Å². The lowest BCUT2D eigenvalue weighted by atomic mass is 10.1. The molecule has 0 bridgehead atoms. The molecule has 1 aromatic carbocycles. The Morgan fingerprint density at radius 2 is 0.885 bits per heavy atom. The number of carboxylic acids is 4. The summed E-state index contributed by atoms with van der Waals surface area (Å²) in [6.07, 6.45) is 16.0. The van der Waals surface area contributed by atoms with Gasteiger partial charge in [0.05, 0.1) is 24.3 Å². The van der Waals surface area contributed by atoms with Crippen LogP contribution in [0.1, 0.15) is 157 Å². The normalized spacial score (nSPS) is 10.1. The number of aliphatic hydroxyl groups excluding tert-OH is 1. The lowest BCUT2D eigenvalue weighted by molar-refractivity contribution is -0.139. The van der Waals surface area contributed by atoms with E-state index >= 15 is 0 Å². The van der Waals surface area contributed by atoms with E-state index in [2.05, 4.69) is 13.8 Å². The first-order chi connectivity index (χ1) is 24.7. The summed E-state index contributed by atoms with van der Waals surface area (Å²) in [5, 5.41) is 48.1. The van der Waals surface area contributed by atoms with Gasteiger partial charge in [-0.15, -0.1) is 0 Å². The van der Waals surface area contributed by atoms with Crippen molar-refractivity contribution in [3.05, 3.63) is 47.5 Å². The third kappa shape index (κ3) is 40.1. The molecule has 52 heavy (non-hydrogen) atoms. The van der Waals surface area contributed by atoms with E-state index < -0.39 is 42.1 Å². The van der Waals surface area contributed by atoms with E-state index in [1.54, 1.807) is 24.3 Å². The summed E-state index contributed by atoms with van der Waals surface area (Å²) >= 11 is 0. The molecule has 0 saturated heterocycles. The Bertz CT molecular complexity index is 1050. The van der Waals surface area contributed by atoms with Crippen LogP contribution >= 0.6 is 0 Å². The van der Waals surface area contributed by atoms with Gasteiger partial charge in [-0.1, -0.05) is 104 Å². The highest BCUT2D eigenvalue weighted by Crippen LogP contribution is 2.14. The number of aliphatic hydroxyl groups is 2. The van der Waals surface area contributed by atoms with Gasteiger partial charge in [-0.2, -0.15) is 0 Å². The fourth-order valence-corrected chi connectivity index (χ4v) is 4.04. The zero-order valence-electron chi connectivity index (χ0n) is 31.1. The molecule has 0 aliphatic heterocycles. The van der Waals surface area contributed by atoms with Crippen LogP contribution in [0.3, 0.4) is 0 Å². The van der Waals surface area contributed by atoms with Crippen LogP contribution in [0.2, 0.25) is 0 Å². The molecule has 0 saturated carbocycles. The molecule has 14 nitrogen and oxygen atoms in total. The van der Waals surface area contributed by atoms with Gasteiger partial charge >= 0.3 is 35.8 Å². The van der Waals surface area contributed by atoms with Crippen molar-refractivity contribution in [2.45, 2.75) is 143 Å². The van der Waals surface area contributed by atoms with Crippen molar-refractivity contribution in [3.8, 4) is 0 Å². The molecule has 0 fully saturated rings. The number of carbonyl (C=O) groups is 6. The van der Waals surface area contributed by atoms with Gasteiger partial charge in [0.2, 0.25) is 0 Å². The van der Waals surface area contributed by atoms with Crippen LogP contribution in [0.4, 0.5) is 0 Å². The SMILES string of the molecule is CCCC(O)O.CCCCCCCCOC(=O)c1ccccc1C(=O)OCCCCCCCC.O=C(O)/C=C\C(=O)O.O=C(O)CCCCC(=O)O. The zero-order valence-corrected chi connectivity index (χ0v) is 31.1. The molecule has 0 aromatic heterocycles. The first-order valence-electron chi connectivity index (χ1n) is 18.1. The minimum absolute atomic E-state index is 0.0628. The van der Waals surface area contributed by atoms with Gasteiger partial charge < -0.3 is 40.1 Å². The van der Waals surface area contributed by atoms with Crippen molar-refractivity contribution in [1.29, 1.82) is 0 Å². The number of esters is 2. The number of aliphatic carboxylic acids is 4. The van der Waals surface area contributed by atoms with Gasteiger partial charge in [0.15, 0.2) is 6.29 Å². The molecular weight excluding hydrogens is 680 g/mol. The number of rotatable bonds is 25. The summed E-state index contributed by atoms with van der Waals surface area (Å²) in [7, 11) is 0. The Hall–Kier alpha value is -4.30. The second kappa shape index (κ2) is 37.9. The summed E-state index contributed by atoms with van der Waals surface area (Å²) in [6, 6.07) is 6.74. The van der Waals surface area contributed by atoms with E-state index in [0.717, 1.165) is 32.1 Å². The number of benzene rings is 1. The number of carbonyl (C=O) groups excluding carboxylic acids is 2. The summed E-state index contributed by atoms with van der Waals surface area (Å²) in [4.78, 5) is 63.6. The van der Waals surface area contributed by atoms with E-state index in [-0.39, 0.29) is 12.8 Å². The molecule has 1 aromatic rings. The monoisotopic (exact) mass is 742 g/mol. The second-order valence-corrected chi connectivity index (χ2v) is 11.6. The predicted molar refractivity (Wildman–Crippen MR) is 195 cm³/mol. The molecule has 1 rings (SSSR count). The summed E-state index contributed by atoms with van der Waals surface area (Å²) in [6.45, 7) is 7.08. The minimum Gasteiger partial charge on any atom is -0.481 e. The molecule has 0 aliphatic carbocycles. The fourth-order valence-electron chi connectivity index (χ4n) is 4.04. The average molecular weight is 743 g/mol. The van der Waals surface area contributed by atoms with Crippen LogP contribution in [-0.4, -0.2) is 86.0 Å². The Balaban J connectivity index is -0.000000808. The van der Waals surface area contributed by atoms with Crippen molar-refractivity contribution in [2.24, 2.45) is 0 Å². The largest absolute Gasteiger partial charge is 0.481 e. The van der Waals surface area contributed by atoms with E-state index in [4.69, 9.17) is 40.1 Å². The Morgan fingerprint density at radius 1 is 0.538 bits per heavy atom. The van der Waals surface area contributed by atoms with Crippen LogP contribution in [0, 0.1) is 0 Å². The molecular formula is C38H62O14. The minimum atomic E-state index is -1.26. The van der Waals surface area contributed by atoms with Crippen molar-refractivity contribution in [2.75, 3.05) is 13.2 Å². The summed E-state index contributed by atoms with van der Waals surface area (Å²) in [5.41, 5.74) is 0.586. The standard InChI is InChI=1S/C24H38O4.C6H10O4.C4H4O4.C4H10O2/c1-3-5-7-9-11-15-19-27-23(25)21-17-13-14-18-22(21)24(26)28-20-16-12-10-8-6-4-2;7-5(8)3-1-2-4-6(9)10;5-3(6)1-2-4(7)8;1-2-3-4(5)6/h13-14,17-18H,3-12,15-16,19-20H2,1-2H3;1-4H2,(H,7,8)(H,9,10);1-2H,(H,5,6)(H,7,8);4-6H,2-3H2,1H3/b;;2-1-;. The zero-order chi connectivity index (χ0) is 40.0. The molecule has 0 amide bonds. The third-order valence-electron chi connectivity index (χ3n) is 6.78. The molecule has 0 spiro atoms. The second-order valence-electron chi connectivity index (χ2n) is 11.6. The number of carboxylic acid groups (broad SMARTS) is 4. The maximum atomic E-state index is 12.4. The Labute approximate surface area is 307 Å². The van der Waals surface area contributed by atoms with E-state index in [1.807, 2.05) is 6.92 Å². The highest BCUT2D eigenvalue weighted by atomic mass is 16.5. The van der Waals surface area contributed by atoms with Crippen LogP contribution in [0.15, 0.2) is 36.4 Å². The molecule has 298 valence electrons.